The number of amides is 1. The van der Waals surface area contributed by atoms with E-state index in [9.17, 15) is 9.59 Å². The molecule has 0 aliphatic rings. The van der Waals surface area contributed by atoms with Crippen molar-refractivity contribution in [3.63, 3.8) is 0 Å². The first kappa shape index (κ1) is 24.8. The Hall–Kier alpha value is -1.28. The largest absolute Gasteiger partial charge is 0.478 e. The quantitative estimate of drug-likeness (QED) is 0.170. The molecule has 0 radical (unpaired) electrons. The van der Waals surface area contributed by atoms with Crippen molar-refractivity contribution < 1.29 is 14.7 Å². The van der Waals surface area contributed by atoms with Crippen LogP contribution in [0.1, 0.15) is 55.8 Å². The number of unbranched alkanes of at least 4 members (excludes halogenated alkanes) is 4. The fourth-order valence-corrected chi connectivity index (χ4v) is 2.91. The van der Waals surface area contributed by atoms with E-state index in [1.54, 1.807) is 12.1 Å². The fourth-order valence-electron chi connectivity index (χ4n) is 2.35. The van der Waals surface area contributed by atoms with Gasteiger partial charge in [0, 0.05) is 12.1 Å². The Balaban J connectivity index is 2.61. The Morgan fingerprint density at radius 2 is 1.82 bits per heavy atom. The van der Waals surface area contributed by atoms with Gasteiger partial charge in [0.1, 0.15) is 6.17 Å². The van der Waals surface area contributed by atoms with Gasteiger partial charge < -0.3 is 21.1 Å². The van der Waals surface area contributed by atoms with Gasteiger partial charge in [0.2, 0.25) is 9.70 Å². The summed E-state index contributed by atoms with van der Waals surface area (Å²) in [5, 5.41) is 17.3. The average Bonchev–Trinajstić information content (AvgIpc) is 2.60. The van der Waals surface area contributed by atoms with Crippen LogP contribution in [0.5, 0.6) is 0 Å². The Bertz CT molecular complexity index is 684. The number of nitrogens with one attached hydrogen (secondary N) is 3. The van der Waals surface area contributed by atoms with Crippen molar-refractivity contribution in [1.82, 2.24) is 10.6 Å². The zero-order valence-corrected chi connectivity index (χ0v) is 18.5. The molecule has 0 heterocycles. The van der Waals surface area contributed by atoms with Gasteiger partial charge in [-0.05, 0) is 36.8 Å². The number of benzene rings is 1. The van der Waals surface area contributed by atoms with Gasteiger partial charge >= 0.3 is 5.97 Å². The molecular weight excluding hydrogens is 445 g/mol. The van der Waals surface area contributed by atoms with Crippen molar-refractivity contribution in [3.8, 4) is 0 Å². The van der Waals surface area contributed by atoms with Crippen LogP contribution in [0.25, 0.3) is 0 Å². The molecule has 0 aromatic heterocycles. The minimum absolute atomic E-state index is 0.0714. The third kappa shape index (κ3) is 9.78. The van der Waals surface area contributed by atoms with Gasteiger partial charge in [-0.15, -0.1) is 0 Å². The molecule has 0 unspecified atom stereocenters. The molecule has 1 rings (SSSR count). The zero-order chi connectivity index (χ0) is 21.2. The number of carboxylic acids is 1. The highest BCUT2D eigenvalue weighted by Crippen LogP contribution is 2.29. The van der Waals surface area contributed by atoms with Crippen LogP contribution >= 0.6 is 47.0 Å². The first-order valence-corrected chi connectivity index (χ1v) is 10.4. The van der Waals surface area contributed by atoms with E-state index in [0.717, 1.165) is 32.1 Å². The van der Waals surface area contributed by atoms with Crippen molar-refractivity contribution in [3.05, 3.63) is 29.8 Å². The van der Waals surface area contributed by atoms with E-state index in [1.807, 2.05) is 0 Å². The molecule has 10 heteroatoms. The predicted molar refractivity (Wildman–Crippen MR) is 118 cm³/mol. The lowest BCUT2D eigenvalue weighted by Gasteiger charge is -2.27. The molecule has 0 bridgehead atoms. The standard InChI is InChI=1S/C18H24Cl3N3O3S/c1-2-3-4-5-6-10-14(25)23-16(18(19,20)21)24-17(28)22-13-9-7-8-12(11-13)15(26)27/h7-9,11,16H,2-6,10H2,1H3,(H,23,25)(H,26,27)(H2,22,24,28)/t16-/m0/s1. The molecule has 1 amide bonds. The third-order valence-electron chi connectivity index (χ3n) is 3.78. The number of rotatable bonds is 10. The molecule has 0 saturated heterocycles. The minimum Gasteiger partial charge on any atom is -0.478 e. The van der Waals surface area contributed by atoms with Gasteiger partial charge in [0.15, 0.2) is 5.11 Å². The van der Waals surface area contributed by atoms with Gasteiger partial charge in [-0.2, -0.15) is 0 Å². The number of carbonyl (C=O) groups is 2. The molecule has 0 saturated carbocycles. The molecule has 0 aliphatic carbocycles. The van der Waals surface area contributed by atoms with E-state index < -0.39 is 15.9 Å². The molecule has 0 aliphatic heterocycles. The molecular formula is C18H24Cl3N3O3S. The first-order chi connectivity index (χ1) is 13.1. The van der Waals surface area contributed by atoms with Gasteiger partial charge in [0.05, 0.1) is 5.56 Å². The van der Waals surface area contributed by atoms with Crippen LogP contribution < -0.4 is 16.0 Å². The first-order valence-electron chi connectivity index (χ1n) is 8.90. The van der Waals surface area contributed by atoms with Crippen LogP contribution in [-0.4, -0.2) is 32.1 Å². The van der Waals surface area contributed by atoms with Gasteiger partial charge in [0.25, 0.3) is 0 Å². The Morgan fingerprint density at radius 1 is 1.14 bits per heavy atom. The van der Waals surface area contributed by atoms with Crippen LogP contribution in [-0.2, 0) is 4.79 Å². The number of carboxylic acid groups (broad SMARTS) is 1. The maximum atomic E-state index is 12.1. The Labute approximate surface area is 185 Å². The second-order valence-corrected chi connectivity index (χ2v) is 8.97. The molecule has 28 heavy (non-hydrogen) atoms. The Morgan fingerprint density at radius 3 is 2.43 bits per heavy atom. The maximum absolute atomic E-state index is 12.1. The normalized spacial score (nSPS) is 12.1. The second-order valence-electron chi connectivity index (χ2n) is 6.19. The van der Waals surface area contributed by atoms with Gasteiger partial charge in [-0.25, -0.2) is 4.79 Å². The third-order valence-corrected chi connectivity index (χ3v) is 4.66. The molecule has 6 nitrogen and oxygen atoms in total. The molecule has 156 valence electrons. The number of aromatic carboxylic acids is 1. The topological polar surface area (TPSA) is 90.5 Å². The Kier molecular flexibility index (Phi) is 10.9. The van der Waals surface area contributed by atoms with Crippen LogP contribution in [0.3, 0.4) is 0 Å². The van der Waals surface area contributed by atoms with Crippen LogP contribution in [0.2, 0.25) is 0 Å². The van der Waals surface area contributed by atoms with Crippen molar-refractivity contribution in [1.29, 1.82) is 0 Å². The maximum Gasteiger partial charge on any atom is 0.335 e. The summed E-state index contributed by atoms with van der Waals surface area (Å²) in [6, 6.07) is 6.07. The van der Waals surface area contributed by atoms with E-state index in [4.69, 9.17) is 52.1 Å². The number of hydrogen-bond acceptors (Lipinski definition) is 3. The van der Waals surface area contributed by atoms with E-state index in [-0.39, 0.29) is 16.6 Å². The van der Waals surface area contributed by atoms with Crippen LogP contribution in [0.15, 0.2) is 24.3 Å². The summed E-state index contributed by atoms with van der Waals surface area (Å²) in [5.41, 5.74) is 0.546. The lowest BCUT2D eigenvalue weighted by molar-refractivity contribution is -0.122. The number of carbonyl (C=O) groups excluding carboxylic acids is 1. The number of hydrogen-bond donors (Lipinski definition) is 4. The van der Waals surface area contributed by atoms with Gasteiger partial charge in [-0.3, -0.25) is 4.79 Å². The number of alkyl halides is 3. The number of halogens is 3. The summed E-state index contributed by atoms with van der Waals surface area (Å²) in [6.07, 6.45) is 4.34. The zero-order valence-electron chi connectivity index (χ0n) is 15.4. The highest BCUT2D eigenvalue weighted by molar-refractivity contribution is 7.80. The smallest absolute Gasteiger partial charge is 0.335 e. The molecule has 0 spiro atoms. The lowest BCUT2D eigenvalue weighted by Crippen LogP contribution is -2.56. The highest BCUT2D eigenvalue weighted by atomic mass is 35.6. The molecule has 1 aromatic rings. The molecule has 1 atom stereocenters. The summed E-state index contributed by atoms with van der Waals surface area (Å²) < 4.78 is -1.84. The molecule has 4 N–H and O–H groups in total. The monoisotopic (exact) mass is 467 g/mol. The average molecular weight is 469 g/mol. The van der Waals surface area contributed by atoms with Crippen molar-refractivity contribution >= 4 is 69.7 Å². The second kappa shape index (κ2) is 12.3. The summed E-state index contributed by atoms with van der Waals surface area (Å²) in [4.78, 5) is 23.2. The summed E-state index contributed by atoms with van der Waals surface area (Å²) in [6.45, 7) is 2.12. The van der Waals surface area contributed by atoms with Crippen LogP contribution in [0.4, 0.5) is 5.69 Å². The summed E-state index contributed by atoms with van der Waals surface area (Å²) >= 11 is 23.0. The van der Waals surface area contributed by atoms with Gasteiger partial charge in [-0.1, -0.05) is 73.5 Å². The molecule has 0 fully saturated rings. The molecule has 1 aromatic carbocycles. The summed E-state index contributed by atoms with van der Waals surface area (Å²) in [7, 11) is 0. The van der Waals surface area contributed by atoms with E-state index >= 15 is 0 Å². The van der Waals surface area contributed by atoms with E-state index in [0.29, 0.717) is 12.1 Å². The SMILES string of the molecule is CCCCCCCC(=O)N[C@@H](NC(=S)Nc1cccc(C(=O)O)c1)C(Cl)(Cl)Cl. The minimum atomic E-state index is -1.84. The van der Waals surface area contributed by atoms with E-state index in [2.05, 4.69) is 22.9 Å². The summed E-state index contributed by atoms with van der Waals surface area (Å²) in [5.74, 6) is -1.32. The van der Waals surface area contributed by atoms with E-state index in [1.165, 1.54) is 12.1 Å². The highest BCUT2D eigenvalue weighted by Gasteiger charge is 2.34. The van der Waals surface area contributed by atoms with Crippen molar-refractivity contribution in [2.75, 3.05) is 5.32 Å². The number of thiocarbonyl (C=S) groups is 1. The predicted octanol–water partition coefficient (Wildman–Crippen LogP) is 4.84. The lowest BCUT2D eigenvalue weighted by atomic mass is 10.1. The van der Waals surface area contributed by atoms with Crippen molar-refractivity contribution in [2.45, 2.75) is 55.4 Å². The van der Waals surface area contributed by atoms with Crippen molar-refractivity contribution in [2.24, 2.45) is 0 Å². The number of anilines is 1. The van der Waals surface area contributed by atoms with Crippen LogP contribution in [0, 0.1) is 0 Å². The fraction of sp³-hybridized carbons (Fsp3) is 0.500.